The Kier molecular flexibility index (Phi) is 13.1. The van der Waals surface area contributed by atoms with Crippen LogP contribution in [-0.2, 0) is 9.59 Å². The van der Waals surface area contributed by atoms with Crippen molar-refractivity contribution in [2.24, 2.45) is 5.73 Å². The minimum absolute atomic E-state index is 0. The van der Waals surface area contributed by atoms with Crippen molar-refractivity contribution in [2.75, 3.05) is 6.54 Å². The van der Waals surface area contributed by atoms with E-state index in [1.165, 1.54) is 13.3 Å². The number of primary amides is 1. The first-order valence-corrected chi connectivity index (χ1v) is 5.07. The molecule has 0 saturated carbocycles. The van der Waals surface area contributed by atoms with Crippen LogP contribution < -0.4 is 11.1 Å². The summed E-state index contributed by atoms with van der Waals surface area (Å²) < 4.78 is 0. The second kappa shape index (κ2) is 11.9. The molecule has 0 unspecified atom stereocenters. The Hall–Kier alpha value is -1.06. The second-order valence-corrected chi connectivity index (χ2v) is 3.11. The highest BCUT2D eigenvalue weighted by Crippen LogP contribution is 1.91. The normalized spacial score (nSPS) is 8.50. The number of carbonyl (C=O) groups excluding carboxylic acids is 2. The highest BCUT2D eigenvalue weighted by atomic mass is 16.1. The molecule has 4 nitrogen and oxygen atoms in total. The summed E-state index contributed by atoms with van der Waals surface area (Å²) in [5.74, 6) is -0.322. The van der Waals surface area contributed by atoms with E-state index >= 15 is 0 Å². The summed E-state index contributed by atoms with van der Waals surface area (Å²) in [4.78, 5) is 20.6. The highest BCUT2D eigenvalue weighted by Gasteiger charge is 1.94. The fourth-order valence-corrected chi connectivity index (χ4v) is 0.689. The van der Waals surface area contributed by atoms with E-state index in [0.29, 0.717) is 13.0 Å². The lowest BCUT2D eigenvalue weighted by molar-refractivity contribution is -0.119. The number of carbonyl (C=O) groups is 2. The molecule has 0 bridgehead atoms. The number of hydrogen-bond donors (Lipinski definition) is 2. The largest absolute Gasteiger partial charge is 0.370 e. The molecule has 3 N–H and O–H groups in total. The van der Waals surface area contributed by atoms with Gasteiger partial charge in [0.25, 0.3) is 0 Å². The van der Waals surface area contributed by atoms with E-state index in [0.717, 1.165) is 12.8 Å². The standard InChI is InChI=1S/C7H14N2O2.C3H8.2H2/c1-6(10)9-5-3-2-4-7(8)11;1-3-2;;/h2-5H2,1H3,(H2,8,11)(H,9,10);3H2,1-2H3;2*1H. The minimum Gasteiger partial charge on any atom is -0.370 e. The van der Waals surface area contributed by atoms with Gasteiger partial charge in [-0.05, 0) is 12.8 Å². The lowest BCUT2D eigenvalue weighted by atomic mass is 10.2. The van der Waals surface area contributed by atoms with Gasteiger partial charge in [-0.25, -0.2) is 0 Å². The summed E-state index contributed by atoms with van der Waals surface area (Å²) in [6, 6.07) is 0. The Balaban J connectivity index is -0.000000129. The third-order valence-corrected chi connectivity index (χ3v) is 1.22. The number of amides is 2. The van der Waals surface area contributed by atoms with E-state index in [2.05, 4.69) is 19.2 Å². The minimum atomic E-state index is -0.284. The number of unbranched alkanes of at least 4 members (excludes halogenated alkanes) is 1. The number of nitrogens with one attached hydrogen (secondary N) is 1. The first kappa shape index (κ1) is 15.4. The van der Waals surface area contributed by atoms with Crippen molar-refractivity contribution in [1.82, 2.24) is 5.32 Å². The third kappa shape index (κ3) is 22.4. The molecule has 0 saturated heterocycles. The summed E-state index contributed by atoms with van der Waals surface area (Å²) in [6.45, 7) is 6.34. The predicted octanol–water partition coefficient (Wildman–Crippen LogP) is 1.69. The molecule has 0 atom stereocenters. The van der Waals surface area contributed by atoms with Crippen molar-refractivity contribution in [3.63, 3.8) is 0 Å². The number of rotatable bonds is 5. The van der Waals surface area contributed by atoms with Gasteiger partial charge >= 0.3 is 0 Å². The van der Waals surface area contributed by atoms with Crippen molar-refractivity contribution in [1.29, 1.82) is 0 Å². The number of hydrogen-bond acceptors (Lipinski definition) is 2. The fourth-order valence-electron chi connectivity index (χ4n) is 0.689. The first-order valence-electron chi connectivity index (χ1n) is 5.07. The molecule has 0 aliphatic rings. The third-order valence-electron chi connectivity index (χ3n) is 1.22. The van der Waals surface area contributed by atoms with Crippen molar-refractivity contribution in [2.45, 2.75) is 46.5 Å². The Labute approximate surface area is 89.2 Å². The SMILES string of the molecule is CC(=O)NCCCCC(N)=O.CCC.[HH].[HH]. The smallest absolute Gasteiger partial charge is 0.217 e. The molecule has 0 radical (unpaired) electrons. The molecule has 88 valence electrons. The van der Waals surface area contributed by atoms with Gasteiger partial charge in [0, 0.05) is 22.7 Å². The molecule has 14 heavy (non-hydrogen) atoms. The Bertz CT molecular complexity index is 151. The molecule has 0 rings (SSSR count). The quantitative estimate of drug-likeness (QED) is 0.672. The highest BCUT2D eigenvalue weighted by molar-refractivity contribution is 5.73. The lowest BCUT2D eigenvalue weighted by Crippen LogP contribution is -2.21. The van der Waals surface area contributed by atoms with Gasteiger partial charge in [0.1, 0.15) is 0 Å². The molecule has 0 aromatic carbocycles. The predicted molar refractivity (Wildman–Crippen MR) is 61.9 cm³/mol. The zero-order chi connectivity index (χ0) is 11.4. The van der Waals surface area contributed by atoms with Crippen LogP contribution >= 0.6 is 0 Å². The lowest BCUT2D eigenvalue weighted by Gasteiger charge is -1.99. The van der Waals surface area contributed by atoms with Gasteiger partial charge in [-0.15, -0.1) is 0 Å². The van der Waals surface area contributed by atoms with Crippen LogP contribution in [-0.4, -0.2) is 18.4 Å². The van der Waals surface area contributed by atoms with E-state index in [1.807, 2.05) is 0 Å². The van der Waals surface area contributed by atoms with Gasteiger partial charge in [-0.2, -0.15) is 0 Å². The average molecular weight is 206 g/mol. The van der Waals surface area contributed by atoms with Crippen LogP contribution in [0.25, 0.3) is 0 Å². The molecule has 0 aromatic rings. The zero-order valence-electron chi connectivity index (χ0n) is 9.43. The maximum Gasteiger partial charge on any atom is 0.217 e. The van der Waals surface area contributed by atoms with Crippen molar-refractivity contribution in [3.8, 4) is 0 Å². The Morgan fingerprint density at radius 2 is 1.79 bits per heavy atom. The van der Waals surface area contributed by atoms with Gasteiger partial charge in [-0.1, -0.05) is 20.3 Å². The van der Waals surface area contributed by atoms with Crippen LogP contribution in [0.5, 0.6) is 0 Å². The maximum atomic E-state index is 10.3. The molecular weight excluding hydrogens is 180 g/mol. The van der Waals surface area contributed by atoms with Gasteiger partial charge in [0.05, 0.1) is 0 Å². The summed E-state index contributed by atoms with van der Waals surface area (Å²) >= 11 is 0. The van der Waals surface area contributed by atoms with Crippen LogP contribution in [0.2, 0.25) is 0 Å². The zero-order valence-corrected chi connectivity index (χ0v) is 9.43. The average Bonchev–Trinajstić information content (AvgIpc) is 2.04. The van der Waals surface area contributed by atoms with Crippen molar-refractivity contribution in [3.05, 3.63) is 0 Å². The summed E-state index contributed by atoms with van der Waals surface area (Å²) in [5.41, 5.74) is 4.91. The van der Waals surface area contributed by atoms with E-state index in [1.54, 1.807) is 0 Å². The van der Waals surface area contributed by atoms with Gasteiger partial charge in [0.2, 0.25) is 11.8 Å². The Morgan fingerprint density at radius 3 is 2.14 bits per heavy atom. The Morgan fingerprint density at radius 1 is 1.29 bits per heavy atom. The van der Waals surface area contributed by atoms with Crippen molar-refractivity contribution < 1.29 is 12.4 Å². The fraction of sp³-hybridized carbons (Fsp3) is 0.800. The van der Waals surface area contributed by atoms with E-state index < -0.39 is 0 Å². The summed E-state index contributed by atoms with van der Waals surface area (Å²) in [5, 5.41) is 2.63. The maximum absolute atomic E-state index is 10.3. The van der Waals surface area contributed by atoms with Crippen LogP contribution in [0, 0.1) is 0 Å². The first-order chi connectivity index (χ1) is 6.54. The molecular formula is C10H26N2O2. The van der Waals surface area contributed by atoms with Crippen LogP contribution in [0.15, 0.2) is 0 Å². The van der Waals surface area contributed by atoms with Crippen LogP contribution in [0.4, 0.5) is 0 Å². The molecule has 4 heteroatoms. The topological polar surface area (TPSA) is 72.2 Å². The summed E-state index contributed by atoms with van der Waals surface area (Å²) in [6.07, 6.45) is 3.21. The van der Waals surface area contributed by atoms with Gasteiger partial charge in [0.15, 0.2) is 0 Å². The molecule has 0 aromatic heterocycles. The van der Waals surface area contributed by atoms with Gasteiger partial charge in [-0.3, -0.25) is 9.59 Å². The summed E-state index contributed by atoms with van der Waals surface area (Å²) in [7, 11) is 0. The number of nitrogens with two attached hydrogens (primary N) is 1. The molecule has 0 aliphatic heterocycles. The monoisotopic (exact) mass is 206 g/mol. The van der Waals surface area contributed by atoms with Crippen molar-refractivity contribution >= 4 is 11.8 Å². The molecule has 0 fully saturated rings. The van der Waals surface area contributed by atoms with E-state index in [-0.39, 0.29) is 14.7 Å². The molecule has 0 spiro atoms. The van der Waals surface area contributed by atoms with E-state index in [9.17, 15) is 9.59 Å². The van der Waals surface area contributed by atoms with E-state index in [4.69, 9.17) is 5.73 Å². The van der Waals surface area contributed by atoms with Crippen LogP contribution in [0.3, 0.4) is 0 Å². The second-order valence-electron chi connectivity index (χ2n) is 3.11. The molecule has 2 amide bonds. The molecule has 0 heterocycles. The van der Waals surface area contributed by atoms with Crippen LogP contribution in [0.1, 0.15) is 49.3 Å². The van der Waals surface area contributed by atoms with Gasteiger partial charge < -0.3 is 11.1 Å². The molecule has 0 aliphatic carbocycles.